The Morgan fingerprint density at radius 3 is 3.10 bits per heavy atom. The largest absolute Gasteiger partial charge is 0.469 e. The summed E-state index contributed by atoms with van der Waals surface area (Å²) in [6.45, 7) is 10.1. The first-order valence-corrected chi connectivity index (χ1v) is 10.7. The minimum Gasteiger partial charge on any atom is -0.469 e. The fourth-order valence-electron chi connectivity index (χ4n) is 3.30. The number of nitrogens with zero attached hydrogens (tertiary/aromatic N) is 4. The summed E-state index contributed by atoms with van der Waals surface area (Å²) in [5.74, 6) is 4.19. The number of guanidine groups is 1. The molecule has 3 rings (SSSR count). The van der Waals surface area contributed by atoms with Gasteiger partial charge >= 0.3 is 0 Å². The highest BCUT2D eigenvalue weighted by Gasteiger charge is 2.23. The molecule has 0 fully saturated rings. The van der Waals surface area contributed by atoms with Gasteiger partial charge in [0, 0.05) is 51.1 Å². The standard InChI is InChI=1S/C21H34N6O2/c1-4-28-13-6-11-22-21(23-12-10-18-7-5-14-29-18)24-17-8-9-19-25-20(16(2)3)26-27(19)15-17/h5,7,14,16-17H,4,6,8-13,15H2,1-3H3,(H2,22,23,24). The number of aryl methyl sites for hydroxylation is 1. The highest BCUT2D eigenvalue weighted by atomic mass is 16.5. The molecular formula is C21H34N6O2. The minimum absolute atomic E-state index is 0.283. The molecule has 2 aromatic rings. The summed E-state index contributed by atoms with van der Waals surface area (Å²) in [5, 5.41) is 11.7. The lowest BCUT2D eigenvalue weighted by atomic mass is 10.1. The van der Waals surface area contributed by atoms with Gasteiger partial charge < -0.3 is 19.8 Å². The van der Waals surface area contributed by atoms with E-state index in [1.165, 1.54) is 0 Å². The molecule has 8 nitrogen and oxygen atoms in total. The number of aliphatic imine (C=N–C) groups is 1. The van der Waals surface area contributed by atoms with Crippen molar-refractivity contribution in [2.24, 2.45) is 4.99 Å². The van der Waals surface area contributed by atoms with Crippen molar-refractivity contribution in [3.63, 3.8) is 0 Å². The molecule has 0 amide bonds. The van der Waals surface area contributed by atoms with Crippen LogP contribution in [0, 0.1) is 0 Å². The van der Waals surface area contributed by atoms with Crippen LogP contribution in [-0.4, -0.2) is 53.1 Å². The average Bonchev–Trinajstić information content (AvgIpc) is 3.37. The van der Waals surface area contributed by atoms with Crippen LogP contribution in [0.3, 0.4) is 0 Å². The van der Waals surface area contributed by atoms with Crippen molar-refractivity contribution in [2.45, 2.75) is 65.0 Å². The van der Waals surface area contributed by atoms with E-state index < -0.39 is 0 Å². The SMILES string of the molecule is CCOCCCN=C(NCCc1ccco1)NC1CCc2nc(C(C)C)nn2C1. The molecule has 1 unspecified atom stereocenters. The van der Waals surface area contributed by atoms with Crippen LogP contribution in [0.15, 0.2) is 27.8 Å². The second kappa shape index (κ2) is 11.0. The predicted molar refractivity (Wildman–Crippen MR) is 113 cm³/mol. The minimum atomic E-state index is 0.283. The van der Waals surface area contributed by atoms with E-state index in [0.29, 0.717) is 5.92 Å². The van der Waals surface area contributed by atoms with Crippen molar-refractivity contribution in [3.8, 4) is 0 Å². The topological polar surface area (TPSA) is 89.5 Å². The number of hydrogen-bond acceptors (Lipinski definition) is 5. The van der Waals surface area contributed by atoms with Crippen molar-refractivity contribution >= 4 is 5.96 Å². The van der Waals surface area contributed by atoms with Crippen LogP contribution in [-0.2, 0) is 24.1 Å². The molecule has 8 heteroatoms. The van der Waals surface area contributed by atoms with Gasteiger partial charge in [-0.05, 0) is 31.9 Å². The van der Waals surface area contributed by atoms with Crippen LogP contribution in [0.5, 0.6) is 0 Å². The van der Waals surface area contributed by atoms with Gasteiger partial charge in [0.05, 0.1) is 12.8 Å². The van der Waals surface area contributed by atoms with Crippen LogP contribution in [0.4, 0.5) is 0 Å². The van der Waals surface area contributed by atoms with Gasteiger partial charge in [-0.15, -0.1) is 0 Å². The second-order valence-corrected chi connectivity index (χ2v) is 7.64. The Balaban J connectivity index is 1.55. The van der Waals surface area contributed by atoms with E-state index in [1.807, 2.05) is 23.7 Å². The summed E-state index contributed by atoms with van der Waals surface area (Å²) >= 11 is 0. The van der Waals surface area contributed by atoms with E-state index in [0.717, 1.165) is 81.9 Å². The number of furan rings is 1. The third kappa shape index (κ3) is 6.59. The van der Waals surface area contributed by atoms with E-state index in [2.05, 4.69) is 34.6 Å². The summed E-state index contributed by atoms with van der Waals surface area (Å²) in [6.07, 6.45) is 5.39. The average molecular weight is 403 g/mol. The second-order valence-electron chi connectivity index (χ2n) is 7.64. The smallest absolute Gasteiger partial charge is 0.191 e. The molecule has 0 bridgehead atoms. The van der Waals surface area contributed by atoms with Crippen molar-refractivity contribution in [3.05, 3.63) is 35.8 Å². The van der Waals surface area contributed by atoms with Gasteiger partial charge in [-0.3, -0.25) is 4.99 Å². The van der Waals surface area contributed by atoms with E-state index >= 15 is 0 Å². The van der Waals surface area contributed by atoms with Crippen LogP contribution < -0.4 is 10.6 Å². The maximum Gasteiger partial charge on any atom is 0.191 e. The first-order chi connectivity index (χ1) is 14.2. The van der Waals surface area contributed by atoms with E-state index in [1.54, 1.807) is 6.26 Å². The van der Waals surface area contributed by atoms with Gasteiger partial charge in [0.15, 0.2) is 11.8 Å². The normalized spacial score (nSPS) is 16.8. The third-order valence-corrected chi connectivity index (χ3v) is 4.90. The Morgan fingerprint density at radius 1 is 1.45 bits per heavy atom. The monoisotopic (exact) mass is 402 g/mol. The fourth-order valence-corrected chi connectivity index (χ4v) is 3.30. The molecule has 0 saturated carbocycles. The summed E-state index contributed by atoms with van der Waals surface area (Å²) in [6, 6.07) is 4.19. The molecule has 0 aliphatic carbocycles. The van der Waals surface area contributed by atoms with Crippen molar-refractivity contribution in [1.82, 2.24) is 25.4 Å². The first kappa shape index (κ1) is 21.4. The number of ether oxygens (including phenoxy) is 1. The zero-order valence-electron chi connectivity index (χ0n) is 17.9. The Bertz CT molecular complexity index is 753. The summed E-state index contributed by atoms with van der Waals surface area (Å²) in [5.41, 5.74) is 0. The van der Waals surface area contributed by atoms with Crippen molar-refractivity contribution < 1.29 is 9.15 Å². The Labute approximate surface area is 173 Å². The van der Waals surface area contributed by atoms with E-state index in [-0.39, 0.29) is 6.04 Å². The molecule has 1 aliphatic heterocycles. The van der Waals surface area contributed by atoms with Crippen LogP contribution in [0.2, 0.25) is 0 Å². The number of fused-ring (bicyclic) bond motifs is 1. The van der Waals surface area contributed by atoms with E-state index in [9.17, 15) is 0 Å². The summed E-state index contributed by atoms with van der Waals surface area (Å²) in [4.78, 5) is 9.41. The quantitative estimate of drug-likeness (QED) is 0.361. The maximum absolute atomic E-state index is 5.42. The number of rotatable bonds is 10. The molecule has 0 spiro atoms. The molecule has 2 N–H and O–H groups in total. The van der Waals surface area contributed by atoms with Crippen LogP contribution >= 0.6 is 0 Å². The lowest BCUT2D eigenvalue weighted by molar-refractivity contribution is 0.146. The van der Waals surface area contributed by atoms with Gasteiger partial charge in [-0.1, -0.05) is 13.8 Å². The molecule has 2 aromatic heterocycles. The molecule has 29 heavy (non-hydrogen) atoms. The van der Waals surface area contributed by atoms with Crippen LogP contribution in [0.1, 0.15) is 56.9 Å². The van der Waals surface area contributed by atoms with Gasteiger partial charge in [0.2, 0.25) is 0 Å². The number of aromatic nitrogens is 3. The molecule has 160 valence electrons. The number of nitrogens with one attached hydrogen (secondary N) is 2. The third-order valence-electron chi connectivity index (χ3n) is 4.90. The van der Waals surface area contributed by atoms with Crippen molar-refractivity contribution in [1.29, 1.82) is 0 Å². The molecule has 3 heterocycles. The fraction of sp³-hybridized carbons (Fsp3) is 0.667. The Morgan fingerprint density at radius 2 is 2.34 bits per heavy atom. The Hall–Kier alpha value is -2.35. The van der Waals surface area contributed by atoms with Gasteiger partial charge in [0.25, 0.3) is 0 Å². The zero-order chi connectivity index (χ0) is 20.5. The molecule has 1 atom stereocenters. The van der Waals surface area contributed by atoms with Crippen LogP contribution in [0.25, 0.3) is 0 Å². The molecular weight excluding hydrogens is 368 g/mol. The van der Waals surface area contributed by atoms with Gasteiger partial charge in [-0.2, -0.15) is 5.10 Å². The molecule has 0 saturated heterocycles. The predicted octanol–water partition coefficient (Wildman–Crippen LogP) is 2.51. The number of hydrogen-bond donors (Lipinski definition) is 2. The maximum atomic E-state index is 5.42. The summed E-state index contributed by atoms with van der Waals surface area (Å²) < 4.78 is 12.9. The molecule has 0 aromatic carbocycles. The summed E-state index contributed by atoms with van der Waals surface area (Å²) in [7, 11) is 0. The molecule has 0 radical (unpaired) electrons. The van der Waals surface area contributed by atoms with Crippen molar-refractivity contribution in [2.75, 3.05) is 26.3 Å². The lowest BCUT2D eigenvalue weighted by Gasteiger charge is -2.25. The zero-order valence-corrected chi connectivity index (χ0v) is 17.9. The first-order valence-electron chi connectivity index (χ1n) is 10.7. The van der Waals surface area contributed by atoms with Gasteiger partial charge in [-0.25, -0.2) is 9.67 Å². The Kier molecular flexibility index (Phi) is 8.10. The van der Waals surface area contributed by atoms with Gasteiger partial charge in [0.1, 0.15) is 11.6 Å². The van der Waals surface area contributed by atoms with E-state index in [4.69, 9.17) is 14.1 Å². The lowest BCUT2D eigenvalue weighted by Crippen LogP contribution is -2.47. The highest BCUT2D eigenvalue weighted by molar-refractivity contribution is 5.80. The highest BCUT2D eigenvalue weighted by Crippen LogP contribution is 2.17. The molecule has 1 aliphatic rings.